The molecule has 1 heterocycles. The van der Waals surface area contributed by atoms with Gasteiger partial charge in [0.2, 0.25) is 0 Å². The molecule has 1 aromatic heterocycles. The van der Waals surface area contributed by atoms with E-state index in [-0.39, 0.29) is 6.04 Å². The fourth-order valence-corrected chi connectivity index (χ4v) is 2.71. The lowest BCUT2D eigenvalue weighted by Crippen LogP contribution is -2.21. The minimum Gasteiger partial charge on any atom is -0.493 e. The highest BCUT2D eigenvalue weighted by Gasteiger charge is 2.22. The van der Waals surface area contributed by atoms with Gasteiger partial charge < -0.3 is 10.1 Å². The number of hydrogen-bond donors (Lipinski definition) is 1. The van der Waals surface area contributed by atoms with Gasteiger partial charge in [-0.2, -0.15) is 5.10 Å². The van der Waals surface area contributed by atoms with Crippen molar-refractivity contribution in [3.05, 3.63) is 45.7 Å². The summed E-state index contributed by atoms with van der Waals surface area (Å²) in [6, 6.07) is 6.34. The van der Waals surface area contributed by atoms with E-state index in [9.17, 15) is 0 Å². The number of nitrogens with zero attached hydrogens (tertiary/aromatic N) is 2. The quantitative estimate of drug-likeness (QED) is 0.940. The van der Waals surface area contributed by atoms with Crippen molar-refractivity contribution < 1.29 is 4.74 Å². The summed E-state index contributed by atoms with van der Waals surface area (Å²) in [5.41, 5.74) is 3.40. The molecule has 1 atom stereocenters. The van der Waals surface area contributed by atoms with E-state index in [0.29, 0.717) is 0 Å². The van der Waals surface area contributed by atoms with Crippen LogP contribution in [0.25, 0.3) is 0 Å². The fourth-order valence-electron chi connectivity index (χ4n) is 2.24. The monoisotopic (exact) mass is 323 g/mol. The van der Waals surface area contributed by atoms with Crippen molar-refractivity contribution in [3.8, 4) is 5.75 Å². The van der Waals surface area contributed by atoms with Gasteiger partial charge in [0.05, 0.1) is 19.3 Å². The van der Waals surface area contributed by atoms with Crippen LogP contribution in [0.3, 0.4) is 0 Å². The number of ether oxygens (including phenoxy) is 1. The van der Waals surface area contributed by atoms with Crippen LogP contribution in [0.15, 0.2) is 28.9 Å². The Morgan fingerprint density at radius 1 is 1.42 bits per heavy atom. The van der Waals surface area contributed by atoms with E-state index in [1.54, 1.807) is 13.3 Å². The van der Waals surface area contributed by atoms with Crippen LogP contribution in [0.5, 0.6) is 5.75 Å². The first-order chi connectivity index (χ1) is 9.08. The maximum absolute atomic E-state index is 5.40. The molecule has 0 radical (unpaired) electrons. The average molecular weight is 324 g/mol. The Labute approximate surface area is 121 Å². The van der Waals surface area contributed by atoms with E-state index in [4.69, 9.17) is 4.74 Å². The smallest absolute Gasteiger partial charge is 0.161 e. The third-order valence-electron chi connectivity index (χ3n) is 3.19. The molecule has 5 heteroatoms. The number of nitrogens with one attached hydrogen (secondary N) is 1. The van der Waals surface area contributed by atoms with E-state index < -0.39 is 0 Å². The zero-order chi connectivity index (χ0) is 14.0. The van der Waals surface area contributed by atoms with Gasteiger partial charge in [-0.3, -0.25) is 4.68 Å². The van der Waals surface area contributed by atoms with Crippen LogP contribution in [0.1, 0.15) is 22.9 Å². The van der Waals surface area contributed by atoms with Crippen LogP contribution >= 0.6 is 15.9 Å². The number of aryl methyl sites for hydroxylation is 2. The number of benzene rings is 1. The van der Waals surface area contributed by atoms with E-state index >= 15 is 0 Å². The molecule has 4 nitrogen and oxygen atoms in total. The van der Waals surface area contributed by atoms with Crippen LogP contribution in [0.4, 0.5) is 0 Å². The van der Waals surface area contributed by atoms with Crippen LogP contribution in [-0.2, 0) is 7.05 Å². The van der Waals surface area contributed by atoms with Gasteiger partial charge in [0.15, 0.2) is 5.75 Å². The average Bonchev–Trinajstić information content (AvgIpc) is 2.76. The van der Waals surface area contributed by atoms with Gasteiger partial charge >= 0.3 is 0 Å². The van der Waals surface area contributed by atoms with Crippen molar-refractivity contribution in [2.24, 2.45) is 7.05 Å². The SMILES string of the molecule is CNC(c1cc(C)ccc1Br)c1c(OC)cnn1C. The largest absolute Gasteiger partial charge is 0.493 e. The molecule has 0 aliphatic rings. The maximum atomic E-state index is 5.40. The number of hydrogen-bond acceptors (Lipinski definition) is 3. The molecule has 0 bridgehead atoms. The predicted molar refractivity (Wildman–Crippen MR) is 79.5 cm³/mol. The summed E-state index contributed by atoms with van der Waals surface area (Å²) in [5, 5.41) is 7.60. The predicted octanol–water partition coefficient (Wildman–Crippen LogP) is 2.81. The molecule has 2 aromatic rings. The van der Waals surface area contributed by atoms with Crippen LogP contribution in [0.2, 0.25) is 0 Å². The Hall–Kier alpha value is -1.33. The highest BCUT2D eigenvalue weighted by molar-refractivity contribution is 9.10. The first kappa shape index (κ1) is 14.1. The molecule has 1 N–H and O–H groups in total. The van der Waals surface area contributed by atoms with Crippen LogP contribution in [-0.4, -0.2) is 23.9 Å². The molecule has 0 spiro atoms. The zero-order valence-electron chi connectivity index (χ0n) is 11.6. The molecule has 19 heavy (non-hydrogen) atoms. The Bertz CT molecular complexity index is 580. The Kier molecular flexibility index (Phi) is 4.27. The van der Waals surface area contributed by atoms with Gasteiger partial charge in [-0.05, 0) is 25.6 Å². The number of methoxy groups -OCH3 is 1. The minimum atomic E-state index is 0.0247. The summed E-state index contributed by atoms with van der Waals surface area (Å²) < 4.78 is 8.31. The second kappa shape index (κ2) is 5.75. The third-order valence-corrected chi connectivity index (χ3v) is 3.92. The van der Waals surface area contributed by atoms with Crippen molar-refractivity contribution in [2.75, 3.05) is 14.2 Å². The lowest BCUT2D eigenvalue weighted by atomic mass is 10.0. The molecule has 0 aliphatic carbocycles. The molecule has 102 valence electrons. The van der Waals surface area contributed by atoms with E-state index in [1.165, 1.54) is 11.1 Å². The molecule has 0 saturated carbocycles. The molecule has 0 amide bonds. The van der Waals surface area contributed by atoms with Gasteiger partial charge in [0, 0.05) is 11.5 Å². The van der Waals surface area contributed by atoms with Crippen molar-refractivity contribution in [2.45, 2.75) is 13.0 Å². The topological polar surface area (TPSA) is 39.1 Å². The van der Waals surface area contributed by atoms with Crippen molar-refractivity contribution in [1.29, 1.82) is 0 Å². The number of aromatic nitrogens is 2. The zero-order valence-corrected chi connectivity index (χ0v) is 13.2. The summed E-state index contributed by atoms with van der Waals surface area (Å²) in [6.07, 6.45) is 1.74. The van der Waals surface area contributed by atoms with Crippen molar-refractivity contribution in [3.63, 3.8) is 0 Å². The number of halogens is 1. The fraction of sp³-hybridized carbons (Fsp3) is 0.357. The Morgan fingerprint density at radius 3 is 2.79 bits per heavy atom. The normalized spacial score (nSPS) is 12.5. The Morgan fingerprint density at radius 2 is 2.16 bits per heavy atom. The summed E-state index contributed by atoms with van der Waals surface area (Å²) >= 11 is 3.62. The Balaban J connectivity index is 2.56. The first-order valence-electron chi connectivity index (χ1n) is 6.07. The summed E-state index contributed by atoms with van der Waals surface area (Å²) in [4.78, 5) is 0. The second-order valence-corrected chi connectivity index (χ2v) is 5.32. The lowest BCUT2D eigenvalue weighted by molar-refractivity contribution is 0.402. The summed E-state index contributed by atoms with van der Waals surface area (Å²) in [5.74, 6) is 0.787. The van der Waals surface area contributed by atoms with Gasteiger partial charge in [-0.15, -0.1) is 0 Å². The molecular weight excluding hydrogens is 306 g/mol. The molecule has 2 rings (SSSR count). The van der Waals surface area contributed by atoms with E-state index in [2.05, 4.69) is 51.5 Å². The molecule has 0 fully saturated rings. The number of rotatable bonds is 4. The first-order valence-corrected chi connectivity index (χ1v) is 6.87. The van der Waals surface area contributed by atoms with Gasteiger partial charge in [0.1, 0.15) is 5.69 Å². The van der Waals surface area contributed by atoms with Crippen LogP contribution in [0, 0.1) is 6.92 Å². The lowest BCUT2D eigenvalue weighted by Gasteiger charge is -2.20. The van der Waals surface area contributed by atoms with E-state index in [0.717, 1.165) is 15.9 Å². The van der Waals surface area contributed by atoms with Gasteiger partial charge in [-0.1, -0.05) is 33.6 Å². The van der Waals surface area contributed by atoms with Crippen molar-refractivity contribution in [1.82, 2.24) is 15.1 Å². The maximum Gasteiger partial charge on any atom is 0.161 e. The highest BCUT2D eigenvalue weighted by atomic mass is 79.9. The highest BCUT2D eigenvalue weighted by Crippen LogP contribution is 2.33. The van der Waals surface area contributed by atoms with Gasteiger partial charge in [0.25, 0.3) is 0 Å². The molecule has 0 aliphatic heterocycles. The van der Waals surface area contributed by atoms with Crippen LogP contribution < -0.4 is 10.1 Å². The van der Waals surface area contributed by atoms with Crippen molar-refractivity contribution >= 4 is 15.9 Å². The molecule has 1 aromatic carbocycles. The second-order valence-electron chi connectivity index (χ2n) is 4.47. The van der Waals surface area contributed by atoms with Gasteiger partial charge in [-0.25, -0.2) is 0 Å². The molecular formula is C14H18BrN3O. The third kappa shape index (κ3) is 2.67. The van der Waals surface area contributed by atoms with E-state index in [1.807, 2.05) is 18.8 Å². The molecule has 0 saturated heterocycles. The standard InChI is InChI=1S/C14H18BrN3O/c1-9-5-6-11(15)10(7-9)13(16-2)14-12(19-4)8-17-18(14)3/h5-8,13,16H,1-4H3. The molecule has 1 unspecified atom stereocenters. The summed E-state index contributed by atoms with van der Waals surface area (Å²) in [6.45, 7) is 2.09. The summed E-state index contributed by atoms with van der Waals surface area (Å²) in [7, 11) is 5.52. The minimum absolute atomic E-state index is 0.0247.